The average molecular weight is 394 g/mol. The maximum Gasteiger partial charge on any atom is 0.244 e. The second kappa shape index (κ2) is 6.16. The average Bonchev–Trinajstić information content (AvgIpc) is 2.75. The molecule has 1 atom stereocenters. The van der Waals surface area contributed by atoms with Crippen molar-refractivity contribution in [2.75, 3.05) is 26.2 Å². The first-order valence-electron chi connectivity index (χ1n) is 7.18. The highest BCUT2D eigenvalue weighted by atomic mass is 79.9. The van der Waals surface area contributed by atoms with Crippen LogP contribution in [0.25, 0.3) is 0 Å². The summed E-state index contributed by atoms with van der Waals surface area (Å²) in [6.45, 7) is 3.23. The molecule has 0 aliphatic carbocycles. The number of fused-ring (bicyclic) bond motifs is 1. The largest absolute Gasteiger partial charge is 0.299 e. The standard InChI is InChI=1S/C14H18BrClN2O2S/c15-11-4-5-14(13(16)9-11)21(19,20)18-8-2-7-17-6-1-3-12(17)10-18/h4-5,9,12H,1-3,6-8,10H2. The lowest BCUT2D eigenvalue weighted by Gasteiger charge is -2.25. The van der Waals surface area contributed by atoms with Gasteiger partial charge in [0.25, 0.3) is 0 Å². The van der Waals surface area contributed by atoms with Crippen molar-refractivity contribution < 1.29 is 8.42 Å². The molecule has 0 spiro atoms. The minimum atomic E-state index is -3.52. The molecule has 2 saturated heterocycles. The van der Waals surface area contributed by atoms with Crippen LogP contribution in [0.15, 0.2) is 27.6 Å². The van der Waals surface area contributed by atoms with E-state index in [1.807, 2.05) is 0 Å². The third kappa shape index (κ3) is 3.15. The molecule has 2 fully saturated rings. The molecule has 1 aromatic rings. The molecule has 0 aromatic heterocycles. The first-order valence-corrected chi connectivity index (χ1v) is 9.79. The van der Waals surface area contributed by atoms with Crippen LogP contribution in [0.2, 0.25) is 5.02 Å². The molecule has 2 aliphatic rings. The first-order chi connectivity index (χ1) is 9.98. The predicted octanol–water partition coefficient (Wildman–Crippen LogP) is 2.96. The Bertz CT molecular complexity index is 638. The number of hydrogen-bond donors (Lipinski definition) is 0. The Morgan fingerprint density at radius 1 is 1.19 bits per heavy atom. The summed E-state index contributed by atoms with van der Waals surface area (Å²) in [6.07, 6.45) is 3.13. The maximum atomic E-state index is 12.9. The van der Waals surface area contributed by atoms with Crippen molar-refractivity contribution in [3.8, 4) is 0 Å². The smallest absolute Gasteiger partial charge is 0.244 e. The van der Waals surface area contributed by atoms with Gasteiger partial charge in [-0.2, -0.15) is 4.31 Å². The molecule has 0 amide bonds. The highest BCUT2D eigenvalue weighted by Gasteiger charge is 2.35. The fourth-order valence-electron chi connectivity index (χ4n) is 3.21. The number of hydrogen-bond acceptors (Lipinski definition) is 3. The highest BCUT2D eigenvalue weighted by molar-refractivity contribution is 9.10. The summed E-state index contributed by atoms with van der Waals surface area (Å²) in [5, 5.41) is 0.275. The van der Waals surface area contributed by atoms with E-state index in [4.69, 9.17) is 11.6 Å². The van der Waals surface area contributed by atoms with Gasteiger partial charge in [0.15, 0.2) is 0 Å². The molecular weight excluding hydrogens is 376 g/mol. The predicted molar refractivity (Wildman–Crippen MR) is 87.1 cm³/mol. The molecule has 0 radical (unpaired) electrons. The molecule has 21 heavy (non-hydrogen) atoms. The second-order valence-corrected chi connectivity index (χ2v) is 8.85. The van der Waals surface area contributed by atoms with Gasteiger partial charge in [-0.3, -0.25) is 4.90 Å². The van der Waals surface area contributed by atoms with E-state index in [2.05, 4.69) is 20.8 Å². The molecule has 2 aliphatic heterocycles. The molecule has 0 saturated carbocycles. The van der Waals surface area contributed by atoms with Gasteiger partial charge in [0, 0.05) is 23.6 Å². The molecule has 7 heteroatoms. The summed E-state index contributed by atoms with van der Waals surface area (Å²) in [4.78, 5) is 2.62. The van der Waals surface area contributed by atoms with Gasteiger partial charge in [-0.1, -0.05) is 27.5 Å². The van der Waals surface area contributed by atoms with E-state index < -0.39 is 10.0 Å². The fraction of sp³-hybridized carbons (Fsp3) is 0.571. The molecule has 3 rings (SSSR count). The second-order valence-electron chi connectivity index (χ2n) is 5.62. The Morgan fingerprint density at radius 2 is 1.95 bits per heavy atom. The fourth-order valence-corrected chi connectivity index (χ4v) is 5.74. The van der Waals surface area contributed by atoms with Gasteiger partial charge >= 0.3 is 0 Å². The molecule has 1 aromatic carbocycles. The molecule has 116 valence electrons. The van der Waals surface area contributed by atoms with E-state index >= 15 is 0 Å². The van der Waals surface area contributed by atoms with Gasteiger partial charge in [0.05, 0.1) is 5.02 Å². The van der Waals surface area contributed by atoms with Crippen molar-refractivity contribution in [3.05, 3.63) is 27.7 Å². The van der Waals surface area contributed by atoms with Crippen LogP contribution >= 0.6 is 27.5 Å². The normalized spacial score (nSPS) is 24.8. The lowest BCUT2D eigenvalue weighted by Crippen LogP contribution is -2.39. The Kier molecular flexibility index (Phi) is 4.62. The zero-order valence-electron chi connectivity index (χ0n) is 11.6. The Hall–Kier alpha value is -0.140. The third-order valence-electron chi connectivity index (χ3n) is 4.28. The van der Waals surface area contributed by atoms with Crippen molar-refractivity contribution in [1.82, 2.24) is 9.21 Å². The van der Waals surface area contributed by atoms with Crippen LogP contribution in [0.1, 0.15) is 19.3 Å². The van der Waals surface area contributed by atoms with Crippen molar-refractivity contribution in [3.63, 3.8) is 0 Å². The van der Waals surface area contributed by atoms with Crippen molar-refractivity contribution >= 4 is 37.6 Å². The van der Waals surface area contributed by atoms with Gasteiger partial charge in [0.1, 0.15) is 4.90 Å². The van der Waals surface area contributed by atoms with E-state index in [-0.39, 0.29) is 9.92 Å². The molecular formula is C14H18BrClN2O2S. The number of nitrogens with zero attached hydrogens (tertiary/aromatic N) is 2. The number of halogens is 2. The minimum Gasteiger partial charge on any atom is -0.299 e. The first kappa shape index (κ1) is 15.7. The van der Waals surface area contributed by atoms with Crippen molar-refractivity contribution in [2.45, 2.75) is 30.2 Å². The van der Waals surface area contributed by atoms with E-state index in [1.54, 1.807) is 22.5 Å². The van der Waals surface area contributed by atoms with Crippen LogP contribution in [-0.4, -0.2) is 49.8 Å². The SMILES string of the molecule is O=S(=O)(c1ccc(Br)cc1Cl)N1CCCN2CCCC2C1. The molecule has 4 nitrogen and oxygen atoms in total. The summed E-state index contributed by atoms with van der Waals surface area (Å²) in [5.74, 6) is 0. The van der Waals surface area contributed by atoms with Gasteiger partial charge in [0.2, 0.25) is 10.0 Å². The van der Waals surface area contributed by atoms with Crippen LogP contribution in [0, 0.1) is 0 Å². The van der Waals surface area contributed by atoms with Gasteiger partial charge in [-0.25, -0.2) is 8.42 Å². The van der Waals surface area contributed by atoms with Crippen LogP contribution in [-0.2, 0) is 10.0 Å². The minimum absolute atomic E-state index is 0.207. The van der Waals surface area contributed by atoms with E-state index in [0.717, 1.165) is 36.8 Å². The van der Waals surface area contributed by atoms with Crippen LogP contribution in [0.5, 0.6) is 0 Å². The zero-order valence-corrected chi connectivity index (χ0v) is 14.8. The molecule has 0 N–H and O–H groups in total. The summed E-state index contributed by atoms with van der Waals surface area (Å²) < 4.78 is 28.1. The van der Waals surface area contributed by atoms with E-state index in [0.29, 0.717) is 19.1 Å². The third-order valence-corrected chi connectivity index (χ3v) is 7.12. The Balaban J connectivity index is 1.90. The lowest BCUT2D eigenvalue weighted by atomic mass is 10.2. The number of benzene rings is 1. The molecule has 0 bridgehead atoms. The summed E-state index contributed by atoms with van der Waals surface area (Å²) in [6, 6.07) is 5.29. The van der Waals surface area contributed by atoms with Gasteiger partial charge in [-0.15, -0.1) is 0 Å². The number of sulfonamides is 1. The van der Waals surface area contributed by atoms with Gasteiger partial charge in [-0.05, 0) is 50.6 Å². The van der Waals surface area contributed by atoms with Crippen LogP contribution < -0.4 is 0 Å². The van der Waals surface area contributed by atoms with Crippen LogP contribution in [0.3, 0.4) is 0 Å². The van der Waals surface area contributed by atoms with E-state index in [9.17, 15) is 8.42 Å². The van der Waals surface area contributed by atoms with Crippen molar-refractivity contribution in [1.29, 1.82) is 0 Å². The van der Waals surface area contributed by atoms with Crippen molar-refractivity contribution in [2.24, 2.45) is 0 Å². The zero-order chi connectivity index (χ0) is 15.0. The molecule has 1 unspecified atom stereocenters. The Morgan fingerprint density at radius 3 is 2.71 bits per heavy atom. The monoisotopic (exact) mass is 392 g/mol. The van der Waals surface area contributed by atoms with Crippen LogP contribution in [0.4, 0.5) is 0 Å². The quantitative estimate of drug-likeness (QED) is 0.775. The number of rotatable bonds is 2. The highest BCUT2D eigenvalue weighted by Crippen LogP contribution is 2.30. The summed E-state index contributed by atoms with van der Waals surface area (Å²) >= 11 is 9.45. The topological polar surface area (TPSA) is 40.6 Å². The maximum absolute atomic E-state index is 12.9. The van der Waals surface area contributed by atoms with E-state index in [1.165, 1.54) is 0 Å². The summed E-state index contributed by atoms with van der Waals surface area (Å²) in [5.41, 5.74) is 0. The van der Waals surface area contributed by atoms with Gasteiger partial charge < -0.3 is 0 Å². The Labute approximate surface area is 139 Å². The molecule has 2 heterocycles. The lowest BCUT2D eigenvalue weighted by molar-refractivity contribution is 0.257. The summed E-state index contributed by atoms with van der Waals surface area (Å²) in [7, 11) is -3.52.